The van der Waals surface area contributed by atoms with E-state index in [0.29, 0.717) is 0 Å². The highest BCUT2D eigenvalue weighted by atomic mass is 19.1. The van der Waals surface area contributed by atoms with E-state index in [4.69, 9.17) is 4.74 Å². The van der Waals surface area contributed by atoms with Crippen molar-refractivity contribution in [3.8, 4) is 0 Å². The second-order valence-corrected chi connectivity index (χ2v) is 3.15. The summed E-state index contributed by atoms with van der Waals surface area (Å²) in [6.45, 7) is 1.57. The Hall–Kier alpha value is -2.24. The smallest absolute Gasteiger partial charge is 0.344 e. The van der Waals surface area contributed by atoms with Gasteiger partial charge in [0.1, 0.15) is 17.1 Å². The molecule has 0 aromatic heterocycles. The van der Waals surface area contributed by atoms with Crippen LogP contribution in [0.4, 0.5) is 10.1 Å². The maximum atomic E-state index is 13.1. The second kappa shape index (κ2) is 3.41. The van der Waals surface area contributed by atoms with Crippen molar-refractivity contribution < 1.29 is 18.8 Å². The highest BCUT2D eigenvalue weighted by molar-refractivity contribution is 6.04. The number of allylic oxidation sites excluding steroid dienone is 1. The van der Waals surface area contributed by atoms with Crippen LogP contribution in [0.15, 0.2) is 18.2 Å². The number of carbonyl (C=O) groups is 1. The first-order chi connectivity index (χ1) is 7.54. The molecule has 0 N–H and O–H groups in total. The largest absolute Gasteiger partial charge is 0.422 e. The van der Waals surface area contributed by atoms with Crippen molar-refractivity contribution in [2.24, 2.45) is 0 Å². The molecule has 1 heterocycles. The zero-order valence-electron chi connectivity index (χ0n) is 8.19. The van der Waals surface area contributed by atoms with Gasteiger partial charge in [-0.25, -0.2) is 9.18 Å². The van der Waals surface area contributed by atoms with E-state index in [1.807, 2.05) is 0 Å². The standard InChI is InChI=1S/C10H6FNO4/c1-2-8-9-6(10(13)16-8)3-5(11)4-7(9)12(14)15/h2-4H,1H3/b8-2-. The molecule has 0 spiro atoms. The Morgan fingerprint density at radius 1 is 1.50 bits per heavy atom. The topological polar surface area (TPSA) is 69.4 Å². The lowest BCUT2D eigenvalue weighted by atomic mass is 10.1. The molecular weight excluding hydrogens is 217 g/mol. The molecule has 1 aliphatic rings. The molecule has 0 saturated carbocycles. The van der Waals surface area contributed by atoms with Gasteiger partial charge in [-0.3, -0.25) is 10.1 Å². The molecule has 6 heteroatoms. The van der Waals surface area contributed by atoms with Crippen LogP contribution in [0.3, 0.4) is 0 Å². The molecule has 0 amide bonds. The van der Waals surface area contributed by atoms with Crippen LogP contribution in [-0.4, -0.2) is 10.9 Å². The van der Waals surface area contributed by atoms with Crippen LogP contribution < -0.4 is 0 Å². The van der Waals surface area contributed by atoms with Crippen molar-refractivity contribution in [3.05, 3.63) is 45.3 Å². The number of esters is 1. The summed E-state index contributed by atoms with van der Waals surface area (Å²) in [5.41, 5.74) is -0.535. The first-order valence-corrected chi connectivity index (χ1v) is 4.41. The van der Waals surface area contributed by atoms with Gasteiger partial charge in [-0.2, -0.15) is 0 Å². The van der Waals surface area contributed by atoms with Crippen molar-refractivity contribution in [2.75, 3.05) is 0 Å². The molecule has 0 atom stereocenters. The molecule has 5 nitrogen and oxygen atoms in total. The number of rotatable bonds is 1. The fourth-order valence-corrected chi connectivity index (χ4v) is 1.57. The van der Waals surface area contributed by atoms with Crippen LogP contribution in [0.2, 0.25) is 0 Å². The second-order valence-electron chi connectivity index (χ2n) is 3.15. The molecule has 2 rings (SSSR count). The Kier molecular flexibility index (Phi) is 2.19. The third-order valence-corrected chi connectivity index (χ3v) is 2.21. The summed E-state index contributed by atoms with van der Waals surface area (Å²) in [5.74, 6) is -1.52. The zero-order valence-corrected chi connectivity index (χ0v) is 8.19. The third-order valence-electron chi connectivity index (χ3n) is 2.21. The lowest BCUT2D eigenvalue weighted by Crippen LogP contribution is -1.98. The van der Waals surface area contributed by atoms with E-state index in [1.165, 1.54) is 6.08 Å². The molecule has 0 unspecified atom stereocenters. The van der Waals surface area contributed by atoms with E-state index in [-0.39, 0.29) is 16.9 Å². The number of ether oxygens (including phenoxy) is 1. The molecular formula is C10H6FNO4. The molecule has 0 fully saturated rings. The molecule has 0 radical (unpaired) electrons. The summed E-state index contributed by atoms with van der Waals surface area (Å²) < 4.78 is 17.8. The summed E-state index contributed by atoms with van der Waals surface area (Å²) in [6, 6.07) is 1.70. The van der Waals surface area contributed by atoms with E-state index in [1.54, 1.807) is 6.92 Å². The van der Waals surface area contributed by atoms with Crippen molar-refractivity contribution in [2.45, 2.75) is 6.92 Å². The Bertz CT molecular complexity index is 536. The van der Waals surface area contributed by atoms with Crippen LogP contribution in [0.25, 0.3) is 5.76 Å². The van der Waals surface area contributed by atoms with Crippen molar-refractivity contribution in [1.82, 2.24) is 0 Å². The van der Waals surface area contributed by atoms with Crippen LogP contribution in [0, 0.1) is 15.9 Å². The molecule has 16 heavy (non-hydrogen) atoms. The number of carbonyl (C=O) groups excluding carboxylic acids is 1. The number of fused-ring (bicyclic) bond motifs is 1. The van der Waals surface area contributed by atoms with Crippen LogP contribution in [0.5, 0.6) is 0 Å². The van der Waals surface area contributed by atoms with E-state index >= 15 is 0 Å². The summed E-state index contributed by atoms with van der Waals surface area (Å²) in [5, 5.41) is 10.7. The summed E-state index contributed by atoms with van der Waals surface area (Å²) in [7, 11) is 0. The number of cyclic esters (lactones) is 1. The van der Waals surface area contributed by atoms with Crippen LogP contribution in [0.1, 0.15) is 22.8 Å². The van der Waals surface area contributed by atoms with E-state index in [0.717, 1.165) is 12.1 Å². The normalized spacial score (nSPS) is 16.1. The Morgan fingerprint density at radius 2 is 2.19 bits per heavy atom. The minimum absolute atomic E-state index is 0.0406. The molecule has 0 saturated heterocycles. The highest BCUT2D eigenvalue weighted by Crippen LogP contribution is 2.37. The van der Waals surface area contributed by atoms with E-state index in [9.17, 15) is 19.3 Å². The average Bonchev–Trinajstić information content (AvgIpc) is 2.54. The van der Waals surface area contributed by atoms with E-state index < -0.39 is 22.4 Å². The van der Waals surface area contributed by atoms with Crippen LogP contribution in [-0.2, 0) is 4.74 Å². The van der Waals surface area contributed by atoms with E-state index in [2.05, 4.69) is 0 Å². The number of nitro benzene ring substituents is 1. The Morgan fingerprint density at radius 3 is 2.75 bits per heavy atom. The van der Waals surface area contributed by atoms with Gasteiger partial charge in [0.2, 0.25) is 0 Å². The fourth-order valence-electron chi connectivity index (χ4n) is 1.57. The van der Waals surface area contributed by atoms with Gasteiger partial charge < -0.3 is 4.74 Å². The SMILES string of the molecule is C/C=C1\OC(=O)c2cc(F)cc([N+](=O)[O-])c21. The third kappa shape index (κ3) is 1.35. The monoisotopic (exact) mass is 223 g/mol. The summed E-state index contributed by atoms with van der Waals surface area (Å²) in [4.78, 5) is 21.3. The van der Waals surface area contributed by atoms with Gasteiger partial charge in [-0.1, -0.05) is 0 Å². The number of halogens is 1. The summed E-state index contributed by atoms with van der Waals surface area (Å²) in [6.07, 6.45) is 1.43. The molecule has 1 aromatic carbocycles. The van der Waals surface area contributed by atoms with Gasteiger partial charge in [0, 0.05) is 0 Å². The minimum atomic E-state index is -0.834. The number of nitrogens with zero attached hydrogens (tertiary/aromatic N) is 1. The van der Waals surface area contributed by atoms with Crippen LogP contribution >= 0.6 is 0 Å². The maximum absolute atomic E-state index is 13.1. The predicted molar refractivity (Wildman–Crippen MR) is 52.1 cm³/mol. The van der Waals surface area contributed by atoms with Gasteiger partial charge >= 0.3 is 5.97 Å². The number of benzene rings is 1. The Labute approximate surface area is 89.3 Å². The first-order valence-electron chi connectivity index (χ1n) is 4.41. The molecule has 82 valence electrons. The van der Waals surface area contributed by atoms with Gasteiger partial charge in [-0.05, 0) is 19.1 Å². The number of nitro groups is 1. The zero-order chi connectivity index (χ0) is 11.9. The lowest BCUT2D eigenvalue weighted by molar-refractivity contribution is -0.385. The average molecular weight is 223 g/mol. The predicted octanol–water partition coefficient (Wildman–Crippen LogP) is 2.27. The lowest BCUT2D eigenvalue weighted by Gasteiger charge is -1.98. The quantitative estimate of drug-likeness (QED) is 0.416. The number of hydrogen-bond acceptors (Lipinski definition) is 4. The first kappa shape index (κ1) is 10.3. The maximum Gasteiger partial charge on any atom is 0.344 e. The van der Waals surface area contributed by atoms with Gasteiger partial charge in [0.05, 0.1) is 16.6 Å². The van der Waals surface area contributed by atoms with Gasteiger partial charge in [0.25, 0.3) is 5.69 Å². The number of hydrogen-bond donors (Lipinski definition) is 0. The summed E-state index contributed by atoms with van der Waals surface area (Å²) >= 11 is 0. The molecule has 1 aromatic rings. The van der Waals surface area contributed by atoms with Gasteiger partial charge in [-0.15, -0.1) is 0 Å². The van der Waals surface area contributed by atoms with Crippen molar-refractivity contribution >= 4 is 17.4 Å². The van der Waals surface area contributed by atoms with Gasteiger partial charge in [0.15, 0.2) is 0 Å². The van der Waals surface area contributed by atoms with Crippen molar-refractivity contribution in [3.63, 3.8) is 0 Å². The minimum Gasteiger partial charge on any atom is -0.422 e. The molecule has 0 bridgehead atoms. The molecule has 0 aliphatic carbocycles. The highest BCUT2D eigenvalue weighted by Gasteiger charge is 2.34. The molecule has 1 aliphatic heterocycles. The fraction of sp³-hybridized carbons (Fsp3) is 0.100. The Balaban J connectivity index is 2.80. The van der Waals surface area contributed by atoms with Crippen molar-refractivity contribution in [1.29, 1.82) is 0 Å².